The molecular weight excluding hydrogens is 219 g/mol. The lowest BCUT2D eigenvalue weighted by molar-refractivity contribution is 0.0760. The Morgan fingerprint density at radius 2 is 2.35 bits per heavy atom. The first kappa shape index (κ1) is 11.6. The number of carbonyl (C=O) groups excluding carboxylic acids is 1. The third-order valence-corrected chi connectivity index (χ3v) is 3.08. The molecule has 0 N–H and O–H groups in total. The maximum Gasteiger partial charge on any atom is 0.257 e. The van der Waals surface area contributed by atoms with E-state index in [1.165, 1.54) is 11.0 Å². The molecule has 1 aromatic rings. The van der Waals surface area contributed by atoms with Crippen LogP contribution in [0.3, 0.4) is 0 Å². The van der Waals surface area contributed by atoms with Crippen LogP contribution in [0.1, 0.15) is 28.8 Å². The van der Waals surface area contributed by atoms with Crippen molar-refractivity contribution in [1.82, 2.24) is 4.90 Å². The van der Waals surface area contributed by atoms with Gasteiger partial charge in [0.1, 0.15) is 11.9 Å². The number of amides is 1. The van der Waals surface area contributed by atoms with Gasteiger partial charge in [-0.15, -0.1) is 0 Å². The molecule has 1 unspecified atom stereocenters. The second-order valence-corrected chi connectivity index (χ2v) is 4.22. The fraction of sp³-hybridized carbons (Fsp3) is 0.385. The summed E-state index contributed by atoms with van der Waals surface area (Å²) in [7, 11) is 0. The fourth-order valence-corrected chi connectivity index (χ4v) is 2.11. The zero-order valence-corrected chi connectivity index (χ0v) is 9.61. The normalized spacial score (nSPS) is 19.1. The van der Waals surface area contributed by atoms with Crippen molar-refractivity contribution in [3.05, 3.63) is 35.1 Å². The van der Waals surface area contributed by atoms with Crippen LogP contribution in [-0.2, 0) is 0 Å². The van der Waals surface area contributed by atoms with Crippen molar-refractivity contribution in [2.75, 3.05) is 6.54 Å². The summed E-state index contributed by atoms with van der Waals surface area (Å²) < 4.78 is 13.8. The van der Waals surface area contributed by atoms with Gasteiger partial charge in [-0.2, -0.15) is 5.26 Å². The lowest BCUT2D eigenvalue weighted by Gasteiger charge is -2.20. The largest absolute Gasteiger partial charge is 0.323 e. The monoisotopic (exact) mass is 232 g/mol. The van der Waals surface area contributed by atoms with Crippen molar-refractivity contribution in [3.63, 3.8) is 0 Å². The van der Waals surface area contributed by atoms with Crippen molar-refractivity contribution in [3.8, 4) is 6.07 Å². The highest BCUT2D eigenvalue weighted by Crippen LogP contribution is 2.21. The number of benzene rings is 1. The first-order valence-electron chi connectivity index (χ1n) is 5.61. The maximum absolute atomic E-state index is 13.8. The van der Waals surface area contributed by atoms with Crippen LogP contribution in [0, 0.1) is 24.1 Å². The SMILES string of the molecule is Cc1cccc(C(=O)N2CCCC2C#N)c1F. The molecular formula is C13H13FN2O. The Balaban J connectivity index is 2.32. The average Bonchev–Trinajstić information content (AvgIpc) is 2.80. The molecule has 2 rings (SSSR count). The molecule has 3 nitrogen and oxygen atoms in total. The third-order valence-electron chi connectivity index (χ3n) is 3.08. The number of hydrogen-bond donors (Lipinski definition) is 0. The molecule has 0 aliphatic carbocycles. The van der Waals surface area contributed by atoms with E-state index >= 15 is 0 Å². The minimum atomic E-state index is -0.485. The summed E-state index contributed by atoms with van der Waals surface area (Å²) in [6, 6.07) is 6.42. The number of likely N-dealkylation sites (tertiary alicyclic amines) is 1. The van der Waals surface area contributed by atoms with Crippen molar-refractivity contribution >= 4 is 5.91 Å². The first-order chi connectivity index (χ1) is 8.15. The van der Waals surface area contributed by atoms with E-state index in [1.807, 2.05) is 0 Å². The predicted molar refractivity (Wildman–Crippen MR) is 60.8 cm³/mol. The van der Waals surface area contributed by atoms with Crippen LogP contribution in [0.4, 0.5) is 4.39 Å². The van der Waals surface area contributed by atoms with Gasteiger partial charge < -0.3 is 4.90 Å². The second kappa shape index (κ2) is 4.54. The van der Waals surface area contributed by atoms with Crippen LogP contribution in [0.5, 0.6) is 0 Å². The van der Waals surface area contributed by atoms with Gasteiger partial charge in [-0.3, -0.25) is 4.79 Å². The van der Waals surface area contributed by atoms with Crippen molar-refractivity contribution in [1.29, 1.82) is 5.26 Å². The van der Waals surface area contributed by atoms with Crippen molar-refractivity contribution in [2.45, 2.75) is 25.8 Å². The zero-order chi connectivity index (χ0) is 12.4. The summed E-state index contributed by atoms with van der Waals surface area (Å²) >= 11 is 0. The van der Waals surface area contributed by atoms with Crippen LogP contribution in [0.25, 0.3) is 0 Å². The second-order valence-electron chi connectivity index (χ2n) is 4.22. The zero-order valence-electron chi connectivity index (χ0n) is 9.61. The molecule has 1 aromatic carbocycles. The van der Waals surface area contributed by atoms with Crippen LogP contribution in [0.2, 0.25) is 0 Å². The highest BCUT2D eigenvalue weighted by Gasteiger charge is 2.30. The average molecular weight is 232 g/mol. The molecule has 1 atom stereocenters. The number of halogens is 1. The van der Waals surface area contributed by atoms with Crippen LogP contribution in [0.15, 0.2) is 18.2 Å². The van der Waals surface area contributed by atoms with E-state index in [0.717, 1.165) is 6.42 Å². The highest BCUT2D eigenvalue weighted by molar-refractivity contribution is 5.95. The molecule has 17 heavy (non-hydrogen) atoms. The van der Waals surface area contributed by atoms with E-state index < -0.39 is 11.9 Å². The molecule has 0 aromatic heterocycles. The van der Waals surface area contributed by atoms with E-state index in [9.17, 15) is 9.18 Å². The van der Waals surface area contributed by atoms with E-state index in [-0.39, 0.29) is 11.5 Å². The highest BCUT2D eigenvalue weighted by atomic mass is 19.1. The Morgan fingerprint density at radius 3 is 3.06 bits per heavy atom. The van der Waals surface area contributed by atoms with E-state index in [1.54, 1.807) is 19.1 Å². The quantitative estimate of drug-likeness (QED) is 0.745. The van der Waals surface area contributed by atoms with Gasteiger partial charge in [-0.05, 0) is 31.4 Å². The van der Waals surface area contributed by atoms with Crippen molar-refractivity contribution < 1.29 is 9.18 Å². The number of nitriles is 1. The maximum atomic E-state index is 13.8. The number of hydrogen-bond acceptors (Lipinski definition) is 2. The Bertz CT molecular complexity index is 493. The molecule has 4 heteroatoms. The molecule has 0 radical (unpaired) electrons. The lowest BCUT2D eigenvalue weighted by Crippen LogP contribution is -2.35. The molecule has 1 fully saturated rings. The predicted octanol–water partition coefficient (Wildman–Crippen LogP) is 2.26. The lowest BCUT2D eigenvalue weighted by atomic mass is 10.1. The standard InChI is InChI=1S/C13H13FN2O/c1-9-4-2-6-11(12(9)14)13(17)16-7-3-5-10(16)8-15/h2,4,6,10H,3,5,7H2,1H3. The van der Waals surface area contributed by atoms with Gasteiger partial charge in [0.25, 0.3) is 5.91 Å². The number of rotatable bonds is 1. The molecule has 1 amide bonds. The third kappa shape index (κ3) is 2.01. The van der Waals surface area contributed by atoms with Crippen LogP contribution < -0.4 is 0 Å². The Kier molecular flexibility index (Phi) is 3.10. The van der Waals surface area contributed by atoms with Crippen LogP contribution >= 0.6 is 0 Å². The topological polar surface area (TPSA) is 44.1 Å². The molecule has 0 saturated carbocycles. The summed E-state index contributed by atoms with van der Waals surface area (Å²) in [5.74, 6) is -0.865. The Labute approximate surface area is 99.5 Å². The summed E-state index contributed by atoms with van der Waals surface area (Å²) in [5, 5.41) is 8.92. The number of carbonyl (C=O) groups is 1. The first-order valence-corrected chi connectivity index (χ1v) is 5.61. The van der Waals surface area contributed by atoms with Gasteiger partial charge in [0.15, 0.2) is 0 Å². The van der Waals surface area contributed by atoms with Gasteiger partial charge >= 0.3 is 0 Å². The van der Waals surface area contributed by atoms with Crippen molar-refractivity contribution in [2.24, 2.45) is 0 Å². The van der Waals surface area contributed by atoms with Gasteiger partial charge in [-0.25, -0.2) is 4.39 Å². The van der Waals surface area contributed by atoms with E-state index in [2.05, 4.69) is 6.07 Å². The van der Waals surface area contributed by atoms with E-state index in [4.69, 9.17) is 5.26 Å². The summed E-state index contributed by atoms with van der Waals surface area (Å²) in [6.45, 7) is 2.16. The molecule has 1 aliphatic heterocycles. The fourth-order valence-electron chi connectivity index (χ4n) is 2.11. The Hall–Kier alpha value is -1.89. The van der Waals surface area contributed by atoms with E-state index in [0.29, 0.717) is 18.5 Å². The minimum absolute atomic E-state index is 0.0622. The molecule has 88 valence electrons. The van der Waals surface area contributed by atoms with Crippen LogP contribution in [-0.4, -0.2) is 23.4 Å². The molecule has 0 bridgehead atoms. The summed E-state index contributed by atoms with van der Waals surface area (Å²) in [6.07, 6.45) is 1.48. The van der Waals surface area contributed by atoms with Gasteiger partial charge in [-0.1, -0.05) is 12.1 Å². The molecule has 0 spiro atoms. The minimum Gasteiger partial charge on any atom is -0.323 e. The number of aryl methyl sites for hydroxylation is 1. The molecule has 1 saturated heterocycles. The van der Waals surface area contributed by atoms with Gasteiger partial charge in [0, 0.05) is 6.54 Å². The van der Waals surface area contributed by atoms with Gasteiger partial charge in [0.2, 0.25) is 0 Å². The van der Waals surface area contributed by atoms with Gasteiger partial charge in [0.05, 0.1) is 11.6 Å². The Morgan fingerprint density at radius 1 is 1.59 bits per heavy atom. The smallest absolute Gasteiger partial charge is 0.257 e. The molecule has 1 aliphatic rings. The summed E-state index contributed by atoms with van der Waals surface area (Å²) in [5.41, 5.74) is 0.510. The number of nitrogens with zero attached hydrogens (tertiary/aromatic N) is 2. The molecule has 1 heterocycles. The summed E-state index contributed by atoms with van der Waals surface area (Å²) in [4.78, 5) is 13.6.